The van der Waals surface area contributed by atoms with E-state index in [9.17, 15) is 4.79 Å². The van der Waals surface area contributed by atoms with E-state index in [0.717, 1.165) is 31.4 Å². The molecule has 0 saturated carbocycles. The van der Waals surface area contributed by atoms with Crippen molar-refractivity contribution in [3.63, 3.8) is 0 Å². The second kappa shape index (κ2) is 8.96. The van der Waals surface area contributed by atoms with Gasteiger partial charge >= 0.3 is 6.41 Å². The minimum absolute atomic E-state index is 0.656. The number of rotatable bonds is 9. The van der Waals surface area contributed by atoms with Crippen LogP contribution in [0.1, 0.15) is 30.4 Å². The first-order valence-electron chi connectivity index (χ1n) is 7.59. The van der Waals surface area contributed by atoms with Gasteiger partial charge in [0.2, 0.25) is 0 Å². The molecule has 0 fully saturated rings. The lowest BCUT2D eigenvalue weighted by molar-refractivity contribution is 0.363. The Morgan fingerprint density at radius 2 is 1.38 bits per heavy atom. The molecule has 0 aromatic heterocycles. The summed E-state index contributed by atoms with van der Waals surface area (Å²) >= 11 is 0. The third-order valence-corrected chi connectivity index (χ3v) is 3.58. The molecule has 0 aliphatic rings. The molecule has 2 rings (SSSR count). The van der Waals surface area contributed by atoms with Crippen LogP contribution in [0.3, 0.4) is 0 Å². The van der Waals surface area contributed by atoms with Crippen LogP contribution in [0.15, 0.2) is 60.7 Å². The van der Waals surface area contributed by atoms with E-state index in [1.807, 2.05) is 42.8 Å². The molecule has 2 heteroatoms. The molecule has 0 atom stereocenters. The van der Waals surface area contributed by atoms with E-state index in [-0.39, 0.29) is 0 Å². The Hall–Kier alpha value is -2.09. The van der Waals surface area contributed by atoms with Crippen molar-refractivity contribution in [3.05, 3.63) is 71.8 Å². The molecular formula is C19H22NO. The van der Waals surface area contributed by atoms with Crippen LogP contribution in [-0.2, 0) is 17.8 Å². The van der Waals surface area contributed by atoms with Crippen molar-refractivity contribution in [1.29, 1.82) is 0 Å². The van der Waals surface area contributed by atoms with E-state index in [4.69, 9.17) is 0 Å². The van der Waals surface area contributed by atoms with Crippen molar-refractivity contribution in [2.24, 2.45) is 0 Å². The van der Waals surface area contributed by atoms with Gasteiger partial charge in [-0.25, -0.2) is 0 Å². The molecular weight excluding hydrogens is 258 g/mol. The Labute approximate surface area is 127 Å². The number of unbranched alkanes of at least 4 members (excludes halogenated alkanes) is 2. The standard InChI is InChI=1S/C19H22NO/c21-17-20(16-19-13-6-2-7-14-19)15-9-3-8-12-18-10-4-1-5-11-18/h1-2,4-7,10-11,13-14H,3,8-9,12,15-16H2. The molecule has 2 aromatic carbocycles. The fourth-order valence-electron chi connectivity index (χ4n) is 2.41. The second-order valence-corrected chi connectivity index (χ2v) is 5.29. The van der Waals surface area contributed by atoms with E-state index >= 15 is 0 Å². The van der Waals surface area contributed by atoms with E-state index in [2.05, 4.69) is 24.3 Å². The zero-order valence-corrected chi connectivity index (χ0v) is 12.4. The van der Waals surface area contributed by atoms with Crippen LogP contribution in [0.5, 0.6) is 0 Å². The molecule has 109 valence electrons. The number of benzene rings is 2. The fraction of sp³-hybridized carbons (Fsp3) is 0.316. The molecule has 0 spiro atoms. The third-order valence-electron chi connectivity index (χ3n) is 3.58. The van der Waals surface area contributed by atoms with E-state index in [0.29, 0.717) is 6.54 Å². The van der Waals surface area contributed by atoms with Gasteiger partial charge in [0.1, 0.15) is 0 Å². The van der Waals surface area contributed by atoms with Crippen molar-refractivity contribution in [2.45, 2.75) is 32.2 Å². The van der Waals surface area contributed by atoms with E-state index < -0.39 is 0 Å². The van der Waals surface area contributed by atoms with Crippen LogP contribution in [0.25, 0.3) is 0 Å². The maximum absolute atomic E-state index is 11.0. The summed E-state index contributed by atoms with van der Waals surface area (Å²) in [7, 11) is 0. The van der Waals surface area contributed by atoms with Gasteiger partial charge in [0.05, 0.1) is 0 Å². The number of carbonyl (C=O) groups excluding carboxylic acids is 1. The van der Waals surface area contributed by atoms with Gasteiger partial charge in [0.25, 0.3) is 0 Å². The summed E-state index contributed by atoms with van der Waals surface area (Å²) in [6.07, 6.45) is 6.50. The van der Waals surface area contributed by atoms with Crippen LogP contribution in [0, 0.1) is 0 Å². The van der Waals surface area contributed by atoms with Crippen molar-refractivity contribution < 1.29 is 4.79 Å². The van der Waals surface area contributed by atoms with E-state index in [1.54, 1.807) is 4.90 Å². The lowest BCUT2D eigenvalue weighted by Crippen LogP contribution is -2.22. The molecule has 0 unspecified atom stereocenters. The van der Waals surface area contributed by atoms with Crippen molar-refractivity contribution >= 4 is 6.41 Å². The number of amides is 1. The summed E-state index contributed by atoms with van der Waals surface area (Å²) in [4.78, 5) is 12.7. The molecule has 1 radical (unpaired) electrons. The van der Waals surface area contributed by atoms with Gasteiger partial charge < -0.3 is 4.90 Å². The summed E-state index contributed by atoms with van der Waals surface area (Å²) in [5, 5.41) is 0. The van der Waals surface area contributed by atoms with Crippen LogP contribution >= 0.6 is 0 Å². The Bertz CT molecular complexity index is 510. The largest absolute Gasteiger partial charge is 0.330 e. The molecule has 0 aliphatic heterocycles. The van der Waals surface area contributed by atoms with Gasteiger partial charge in [0, 0.05) is 13.1 Å². The quantitative estimate of drug-likeness (QED) is 0.503. The maximum atomic E-state index is 11.0. The SMILES string of the molecule is O=[C]N(CCCCCc1ccccc1)Cc1ccccc1. The van der Waals surface area contributed by atoms with Crippen LogP contribution in [-0.4, -0.2) is 17.9 Å². The predicted octanol–water partition coefficient (Wildman–Crippen LogP) is 3.97. The lowest BCUT2D eigenvalue weighted by Gasteiger charge is -2.16. The van der Waals surface area contributed by atoms with Gasteiger partial charge in [-0.3, -0.25) is 4.79 Å². The van der Waals surface area contributed by atoms with Gasteiger partial charge in [0.15, 0.2) is 0 Å². The summed E-state index contributed by atoms with van der Waals surface area (Å²) in [6, 6.07) is 20.6. The van der Waals surface area contributed by atoms with Crippen LogP contribution in [0.4, 0.5) is 0 Å². The number of hydrogen-bond donors (Lipinski definition) is 0. The zero-order valence-electron chi connectivity index (χ0n) is 12.4. The van der Waals surface area contributed by atoms with Gasteiger partial charge in [-0.2, -0.15) is 0 Å². The molecule has 0 aliphatic carbocycles. The van der Waals surface area contributed by atoms with Gasteiger partial charge in [-0.15, -0.1) is 0 Å². The summed E-state index contributed by atoms with van der Waals surface area (Å²) < 4.78 is 0. The molecule has 0 N–H and O–H groups in total. The number of hydrogen-bond acceptors (Lipinski definition) is 1. The first kappa shape index (κ1) is 15.3. The minimum atomic E-state index is 0.656. The first-order valence-corrected chi connectivity index (χ1v) is 7.59. The monoisotopic (exact) mass is 280 g/mol. The normalized spacial score (nSPS) is 10.3. The van der Waals surface area contributed by atoms with Crippen molar-refractivity contribution in [2.75, 3.05) is 6.54 Å². The number of aryl methyl sites for hydroxylation is 1. The fourth-order valence-corrected chi connectivity index (χ4v) is 2.41. The average Bonchev–Trinajstić information content (AvgIpc) is 2.55. The Balaban J connectivity index is 1.63. The number of nitrogens with zero attached hydrogens (tertiary/aromatic N) is 1. The summed E-state index contributed by atoms with van der Waals surface area (Å²) in [5.41, 5.74) is 2.55. The third kappa shape index (κ3) is 5.82. The Kier molecular flexibility index (Phi) is 6.53. The average molecular weight is 280 g/mol. The minimum Gasteiger partial charge on any atom is -0.330 e. The zero-order chi connectivity index (χ0) is 14.8. The van der Waals surface area contributed by atoms with Gasteiger partial charge in [-0.05, 0) is 30.4 Å². The second-order valence-electron chi connectivity index (χ2n) is 5.29. The lowest BCUT2D eigenvalue weighted by atomic mass is 10.1. The topological polar surface area (TPSA) is 20.3 Å². The summed E-state index contributed by atoms with van der Waals surface area (Å²) in [5.74, 6) is 0. The van der Waals surface area contributed by atoms with Gasteiger partial charge in [-0.1, -0.05) is 67.1 Å². The van der Waals surface area contributed by atoms with Crippen LogP contribution < -0.4 is 0 Å². The van der Waals surface area contributed by atoms with E-state index in [1.165, 1.54) is 12.0 Å². The highest BCUT2D eigenvalue weighted by Gasteiger charge is 2.03. The smallest absolute Gasteiger partial charge is 0.312 e. The molecule has 2 nitrogen and oxygen atoms in total. The molecule has 0 heterocycles. The van der Waals surface area contributed by atoms with Crippen molar-refractivity contribution in [3.8, 4) is 0 Å². The highest BCUT2D eigenvalue weighted by atomic mass is 16.1. The first-order chi connectivity index (χ1) is 10.4. The molecule has 2 aromatic rings. The Morgan fingerprint density at radius 1 is 0.762 bits per heavy atom. The molecule has 1 amide bonds. The van der Waals surface area contributed by atoms with Crippen LogP contribution in [0.2, 0.25) is 0 Å². The maximum Gasteiger partial charge on any atom is 0.312 e. The molecule has 0 bridgehead atoms. The molecule has 0 saturated heterocycles. The summed E-state index contributed by atoms with van der Waals surface area (Å²) in [6.45, 7) is 1.44. The predicted molar refractivity (Wildman–Crippen MR) is 86.5 cm³/mol. The highest BCUT2D eigenvalue weighted by molar-refractivity contribution is 5.48. The van der Waals surface area contributed by atoms with Crippen molar-refractivity contribution in [1.82, 2.24) is 4.90 Å². The highest BCUT2D eigenvalue weighted by Crippen LogP contribution is 2.08. The Morgan fingerprint density at radius 3 is 2.00 bits per heavy atom. The molecule has 21 heavy (non-hydrogen) atoms.